The number of amidine groups is 1. The fraction of sp³-hybridized carbons (Fsp3) is 0.571. The van der Waals surface area contributed by atoms with E-state index < -0.39 is 5.60 Å². The average Bonchev–Trinajstić information content (AvgIpc) is 3.00. The Bertz CT molecular complexity index is 966. The van der Waals surface area contributed by atoms with E-state index in [1.54, 1.807) is 6.21 Å². The molecule has 1 aromatic heterocycles. The van der Waals surface area contributed by atoms with Crippen molar-refractivity contribution in [1.82, 2.24) is 14.5 Å². The molecule has 3 aliphatic rings. The molecule has 0 aliphatic carbocycles. The molecule has 10 heteroatoms. The lowest BCUT2D eigenvalue weighted by Gasteiger charge is -2.31. The summed E-state index contributed by atoms with van der Waals surface area (Å²) in [5, 5.41) is 0. The van der Waals surface area contributed by atoms with E-state index in [1.165, 1.54) is 0 Å². The largest absolute Gasteiger partial charge is 0.379 e. The van der Waals surface area contributed by atoms with Gasteiger partial charge in [-0.1, -0.05) is 6.08 Å². The Hall–Kier alpha value is -2.69. The lowest BCUT2D eigenvalue weighted by Crippen LogP contribution is -2.38. The fourth-order valence-corrected chi connectivity index (χ4v) is 4.03. The molecule has 1 aromatic rings. The SMILES string of the molecule is C=N/C(=N\c1c(C(C)N2CCOCC2)nc2n1CCOC2(C)C)C1=CCN=C(N)N=C1. The Morgan fingerprint density at radius 1 is 1.26 bits per heavy atom. The van der Waals surface area contributed by atoms with Crippen LogP contribution in [0.15, 0.2) is 31.6 Å². The number of fused-ring (bicyclic) bond motifs is 1. The second-order valence-corrected chi connectivity index (χ2v) is 8.19. The molecule has 1 atom stereocenters. The number of nitrogens with two attached hydrogens (primary N) is 1. The van der Waals surface area contributed by atoms with Crippen molar-refractivity contribution in [1.29, 1.82) is 0 Å². The summed E-state index contributed by atoms with van der Waals surface area (Å²) in [7, 11) is 0. The first-order valence-corrected chi connectivity index (χ1v) is 10.6. The maximum atomic E-state index is 6.00. The maximum absolute atomic E-state index is 6.00. The number of aliphatic imine (C=N–C) groups is 4. The Morgan fingerprint density at radius 2 is 2.03 bits per heavy atom. The zero-order chi connectivity index (χ0) is 22.0. The summed E-state index contributed by atoms with van der Waals surface area (Å²) in [6.45, 7) is 14.8. The summed E-state index contributed by atoms with van der Waals surface area (Å²) in [5.41, 5.74) is 6.86. The van der Waals surface area contributed by atoms with Gasteiger partial charge in [-0.2, -0.15) is 0 Å². The van der Waals surface area contributed by atoms with Crippen molar-refractivity contribution in [2.45, 2.75) is 39.0 Å². The van der Waals surface area contributed by atoms with Gasteiger partial charge in [0.2, 0.25) is 5.96 Å². The quantitative estimate of drug-likeness (QED) is 0.580. The van der Waals surface area contributed by atoms with Crippen LogP contribution in [0, 0.1) is 0 Å². The minimum atomic E-state index is -0.501. The summed E-state index contributed by atoms with van der Waals surface area (Å²) < 4.78 is 13.7. The van der Waals surface area contributed by atoms with E-state index in [0.29, 0.717) is 25.5 Å². The number of imidazole rings is 1. The fourth-order valence-electron chi connectivity index (χ4n) is 4.03. The molecule has 4 heterocycles. The number of hydrogen-bond acceptors (Lipinski definition) is 8. The van der Waals surface area contributed by atoms with Crippen LogP contribution >= 0.6 is 0 Å². The van der Waals surface area contributed by atoms with Crippen molar-refractivity contribution in [2.24, 2.45) is 25.7 Å². The Morgan fingerprint density at radius 3 is 2.77 bits per heavy atom. The van der Waals surface area contributed by atoms with Crippen LogP contribution in [0.1, 0.15) is 38.3 Å². The van der Waals surface area contributed by atoms with Gasteiger partial charge < -0.3 is 19.8 Å². The minimum absolute atomic E-state index is 0.0679. The van der Waals surface area contributed by atoms with Gasteiger partial charge in [0.15, 0.2) is 11.7 Å². The van der Waals surface area contributed by atoms with E-state index in [4.69, 9.17) is 25.2 Å². The molecule has 0 bridgehead atoms. The van der Waals surface area contributed by atoms with Crippen LogP contribution in [0.4, 0.5) is 5.82 Å². The van der Waals surface area contributed by atoms with Crippen LogP contribution in [0.3, 0.4) is 0 Å². The van der Waals surface area contributed by atoms with Crippen LogP contribution in [-0.2, 0) is 21.6 Å². The van der Waals surface area contributed by atoms with Gasteiger partial charge in [0.05, 0.1) is 32.4 Å². The zero-order valence-electron chi connectivity index (χ0n) is 18.4. The molecular formula is C21H30N8O2. The van der Waals surface area contributed by atoms with Gasteiger partial charge in [0.25, 0.3) is 0 Å². The van der Waals surface area contributed by atoms with Crippen LogP contribution in [0.5, 0.6) is 0 Å². The van der Waals surface area contributed by atoms with Crippen molar-refractivity contribution >= 4 is 30.5 Å². The number of guanidine groups is 1. The molecule has 0 radical (unpaired) electrons. The normalized spacial score (nSPS) is 22.9. The van der Waals surface area contributed by atoms with E-state index in [1.807, 2.05) is 19.9 Å². The third-order valence-corrected chi connectivity index (χ3v) is 5.79. The molecule has 0 saturated carbocycles. The smallest absolute Gasteiger partial charge is 0.215 e. The van der Waals surface area contributed by atoms with E-state index in [-0.39, 0.29) is 12.0 Å². The summed E-state index contributed by atoms with van der Waals surface area (Å²) in [4.78, 5) is 24.8. The summed E-state index contributed by atoms with van der Waals surface area (Å²) >= 11 is 0. The van der Waals surface area contributed by atoms with Crippen molar-refractivity contribution in [3.63, 3.8) is 0 Å². The third-order valence-electron chi connectivity index (χ3n) is 5.79. The van der Waals surface area contributed by atoms with Crippen molar-refractivity contribution in [2.75, 3.05) is 39.5 Å². The van der Waals surface area contributed by atoms with Gasteiger partial charge in [-0.25, -0.2) is 25.0 Å². The van der Waals surface area contributed by atoms with Crippen LogP contribution in [0.25, 0.3) is 0 Å². The van der Waals surface area contributed by atoms with Gasteiger partial charge >= 0.3 is 0 Å². The van der Waals surface area contributed by atoms with Gasteiger partial charge in [0, 0.05) is 31.4 Å². The molecule has 3 aliphatic heterocycles. The lowest BCUT2D eigenvalue weighted by atomic mass is 10.1. The van der Waals surface area contributed by atoms with Gasteiger partial charge in [-0.15, -0.1) is 0 Å². The number of rotatable bonds is 4. The highest BCUT2D eigenvalue weighted by atomic mass is 16.5. The summed E-state index contributed by atoms with van der Waals surface area (Å²) in [5.74, 6) is 2.35. The highest BCUT2D eigenvalue weighted by Gasteiger charge is 2.36. The zero-order valence-corrected chi connectivity index (χ0v) is 18.4. The standard InChI is InChI=1S/C21H30N8O2/c1-14(28-7-10-30-11-8-28)16-18(29-9-12-31-21(2,3)19(29)26-16)27-17(23-4)15-5-6-24-20(22)25-13-15/h5,13-14H,4,6-12H2,1-3H3,(H2,22,24)/b27-17-. The van der Waals surface area contributed by atoms with Crippen molar-refractivity contribution in [3.8, 4) is 0 Å². The van der Waals surface area contributed by atoms with E-state index >= 15 is 0 Å². The first-order valence-electron chi connectivity index (χ1n) is 10.6. The molecule has 0 aromatic carbocycles. The molecular weight excluding hydrogens is 396 g/mol. The first-order chi connectivity index (χ1) is 14.9. The van der Waals surface area contributed by atoms with E-state index in [0.717, 1.165) is 49.2 Å². The minimum Gasteiger partial charge on any atom is -0.379 e. The third kappa shape index (κ3) is 4.36. The summed E-state index contributed by atoms with van der Waals surface area (Å²) in [6, 6.07) is 0.0679. The van der Waals surface area contributed by atoms with Crippen molar-refractivity contribution < 1.29 is 9.47 Å². The second-order valence-electron chi connectivity index (χ2n) is 8.19. The van der Waals surface area contributed by atoms with Gasteiger partial charge in [-0.3, -0.25) is 4.90 Å². The number of aromatic nitrogens is 2. The molecule has 166 valence electrons. The number of morpholine rings is 1. The number of nitrogens with zero attached hydrogens (tertiary/aromatic N) is 7. The van der Waals surface area contributed by atoms with E-state index in [2.05, 4.69) is 38.1 Å². The first kappa shape index (κ1) is 21.5. The molecule has 1 unspecified atom stereocenters. The monoisotopic (exact) mass is 426 g/mol. The topological polar surface area (TPSA) is 115 Å². The molecule has 0 spiro atoms. The highest BCUT2D eigenvalue weighted by molar-refractivity contribution is 6.18. The van der Waals surface area contributed by atoms with Gasteiger partial charge in [-0.05, 0) is 27.5 Å². The van der Waals surface area contributed by atoms with E-state index in [9.17, 15) is 0 Å². The van der Waals surface area contributed by atoms with Gasteiger partial charge in [0.1, 0.15) is 17.1 Å². The Kier molecular flexibility index (Phi) is 6.12. The second kappa shape index (κ2) is 8.81. The Labute approximate surface area is 182 Å². The van der Waals surface area contributed by atoms with Crippen molar-refractivity contribution in [3.05, 3.63) is 23.2 Å². The Balaban J connectivity index is 1.80. The molecule has 10 nitrogen and oxygen atoms in total. The van der Waals surface area contributed by atoms with Crippen LogP contribution in [0.2, 0.25) is 0 Å². The lowest BCUT2D eigenvalue weighted by molar-refractivity contribution is -0.0536. The molecule has 1 fully saturated rings. The molecule has 0 amide bonds. The summed E-state index contributed by atoms with van der Waals surface area (Å²) in [6.07, 6.45) is 3.52. The van der Waals surface area contributed by atoms with Crippen LogP contribution < -0.4 is 5.73 Å². The van der Waals surface area contributed by atoms with Crippen LogP contribution in [-0.4, -0.2) is 78.6 Å². The molecule has 4 rings (SSSR count). The predicted octanol–water partition coefficient (Wildman–Crippen LogP) is 1.60. The maximum Gasteiger partial charge on any atom is 0.215 e. The number of ether oxygens (including phenoxy) is 2. The predicted molar refractivity (Wildman–Crippen MR) is 122 cm³/mol. The molecule has 1 saturated heterocycles. The molecule has 2 N–H and O–H groups in total. The number of hydrogen-bond donors (Lipinski definition) is 1. The molecule has 31 heavy (non-hydrogen) atoms. The highest BCUT2D eigenvalue weighted by Crippen LogP contribution is 2.38. The average molecular weight is 427 g/mol.